The molecule has 0 fully saturated rings. The van der Waals surface area contributed by atoms with Gasteiger partial charge in [-0.2, -0.15) is 0 Å². The van der Waals surface area contributed by atoms with E-state index in [-0.39, 0.29) is 0 Å². The zero-order chi connectivity index (χ0) is 14.6. The first kappa shape index (κ1) is 14.6. The van der Waals surface area contributed by atoms with Crippen molar-refractivity contribution >= 4 is 13.3 Å². The van der Waals surface area contributed by atoms with Crippen LogP contribution in [0, 0.1) is 0 Å². The lowest BCUT2D eigenvalue weighted by atomic mass is 10.1. The second-order valence-corrected chi connectivity index (χ2v) is 10.2. The predicted molar refractivity (Wildman–Crippen MR) is 89.5 cm³/mol. The van der Waals surface area contributed by atoms with Gasteiger partial charge in [0.1, 0.15) is 5.75 Å². The molecule has 0 aromatic heterocycles. The second kappa shape index (κ2) is 6.10. The van der Waals surface area contributed by atoms with Crippen LogP contribution in [-0.4, -0.2) is 15.2 Å². The van der Waals surface area contributed by atoms with Gasteiger partial charge >= 0.3 is 0 Å². The smallest absolute Gasteiger partial charge is 0.119 e. The summed E-state index contributed by atoms with van der Waals surface area (Å²) in [4.78, 5) is 0. The van der Waals surface area contributed by atoms with Gasteiger partial charge in [-0.25, -0.2) is 0 Å². The van der Waals surface area contributed by atoms with Crippen LogP contribution in [0.25, 0.3) is 0 Å². The van der Waals surface area contributed by atoms with Crippen LogP contribution >= 0.6 is 0 Å². The van der Waals surface area contributed by atoms with Gasteiger partial charge < -0.3 is 4.74 Å². The molecule has 2 aromatic carbocycles. The van der Waals surface area contributed by atoms with Gasteiger partial charge in [0.05, 0.1) is 15.2 Å². The van der Waals surface area contributed by atoms with Gasteiger partial charge in [0.15, 0.2) is 0 Å². The van der Waals surface area contributed by atoms with Crippen molar-refractivity contribution in [2.75, 3.05) is 7.11 Å². The van der Waals surface area contributed by atoms with Crippen LogP contribution in [-0.2, 0) is 0 Å². The fraction of sp³-hybridized carbons (Fsp3) is 0.222. The molecule has 0 saturated carbocycles. The van der Waals surface area contributed by atoms with Gasteiger partial charge in [0.25, 0.3) is 0 Å². The minimum absolute atomic E-state index is 0.375. The SMILES string of the molecule is C=CC(c1cccc(OC)c1)[Si](C)(C)c1ccccc1. The van der Waals surface area contributed by atoms with Gasteiger partial charge in [-0.1, -0.05) is 66.8 Å². The van der Waals surface area contributed by atoms with Crippen molar-refractivity contribution in [2.24, 2.45) is 0 Å². The highest BCUT2D eigenvalue weighted by molar-refractivity contribution is 6.91. The normalized spacial score (nSPS) is 12.8. The first-order valence-electron chi connectivity index (χ1n) is 6.91. The molecule has 2 heteroatoms. The van der Waals surface area contributed by atoms with E-state index in [1.165, 1.54) is 10.8 Å². The average molecular weight is 282 g/mol. The van der Waals surface area contributed by atoms with E-state index in [1.807, 2.05) is 6.07 Å². The summed E-state index contributed by atoms with van der Waals surface area (Å²) in [5.41, 5.74) is 1.67. The Labute approximate surface area is 122 Å². The summed E-state index contributed by atoms with van der Waals surface area (Å²) >= 11 is 0. The molecule has 0 aliphatic heterocycles. The lowest BCUT2D eigenvalue weighted by Gasteiger charge is -2.31. The van der Waals surface area contributed by atoms with Crippen molar-refractivity contribution in [2.45, 2.75) is 18.6 Å². The van der Waals surface area contributed by atoms with E-state index in [1.54, 1.807) is 7.11 Å². The first-order valence-corrected chi connectivity index (χ1v) is 9.99. The van der Waals surface area contributed by atoms with Gasteiger partial charge in [-0.15, -0.1) is 6.58 Å². The number of allylic oxidation sites excluding steroid dienone is 1. The van der Waals surface area contributed by atoms with E-state index in [4.69, 9.17) is 4.74 Å². The van der Waals surface area contributed by atoms with Gasteiger partial charge in [0.2, 0.25) is 0 Å². The molecule has 0 radical (unpaired) electrons. The van der Waals surface area contributed by atoms with Crippen molar-refractivity contribution in [1.82, 2.24) is 0 Å². The molecule has 0 N–H and O–H groups in total. The van der Waals surface area contributed by atoms with Crippen LogP contribution in [0.15, 0.2) is 67.3 Å². The Hall–Kier alpha value is -1.80. The Morgan fingerprint density at radius 2 is 1.75 bits per heavy atom. The summed E-state index contributed by atoms with van der Waals surface area (Å²) in [6.07, 6.45) is 2.09. The highest BCUT2D eigenvalue weighted by Gasteiger charge is 2.32. The quantitative estimate of drug-likeness (QED) is 0.592. The number of rotatable bonds is 5. The average Bonchev–Trinajstić information content (AvgIpc) is 2.49. The van der Waals surface area contributed by atoms with Gasteiger partial charge in [0, 0.05) is 5.54 Å². The number of hydrogen-bond acceptors (Lipinski definition) is 1. The highest BCUT2D eigenvalue weighted by Crippen LogP contribution is 2.30. The van der Waals surface area contributed by atoms with E-state index >= 15 is 0 Å². The molecule has 1 unspecified atom stereocenters. The fourth-order valence-corrected chi connectivity index (χ4v) is 5.74. The van der Waals surface area contributed by atoms with Gasteiger partial charge in [-0.3, -0.25) is 0 Å². The molecular weight excluding hydrogens is 260 g/mol. The highest BCUT2D eigenvalue weighted by atomic mass is 28.3. The Morgan fingerprint density at radius 1 is 1.05 bits per heavy atom. The molecule has 2 aromatic rings. The lowest BCUT2D eigenvalue weighted by Crippen LogP contribution is -2.46. The molecule has 20 heavy (non-hydrogen) atoms. The third kappa shape index (κ3) is 2.85. The molecule has 104 valence electrons. The molecular formula is C18H22OSi. The largest absolute Gasteiger partial charge is 0.497 e. The summed E-state index contributed by atoms with van der Waals surface area (Å²) < 4.78 is 5.35. The van der Waals surface area contributed by atoms with E-state index in [9.17, 15) is 0 Å². The zero-order valence-electron chi connectivity index (χ0n) is 12.5. The predicted octanol–water partition coefficient (Wildman–Crippen LogP) is 4.12. The molecule has 2 rings (SSSR count). The van der Waals surface area contributed by atoms with Crippen LogP contribution < -0.4 is 9.92 Å². The maximum absolute atomic E-state index is 5.35. The standard InChI is InChI=1S/C18H22OSi/c1-5-18(15-10-9-11-16(14-15)19-2)20(3,4)17-12-7-6-8-13-17/h5-14,18H,1H2,2-4H3. The van der Waals surface area contributed by atoms with Crippen LogP contribution in [0.4, 0.5) is 0 Å². The number of hydrogen-bond donors (Lipinski definition) is 0. The van der Waals surface area contributed by atoms with E-state index in [0.717, 1.165) is 5.75 Å². The lowest BCUT2D eigenvalue weighted by molar-refractivity contribution is 0.414. The number of methoxy groups -OCH3 is 1. The van der Waals surface area contributed by atoms with Crippen molar-refractivity contribution in [3.8, 4) is 5.75 Å². The summed E-state index contributed by atoms with van der Waals surface area (Å²) in [7, 11) is 0.0511. The Kier molecular flexibility index (Phi) is 4.45. The summed E-state index contributed by atoms with van der Waals surface area (Å²) in [6, 6.07) is 19.1. The fourth-order valence-electron chi connectivity index (χ4n) is 2.73. The van der Waals surface area contributed by atoms with Crippen molar-refractivity contribution in [1.29, 1.82) is 0 Å². The maximum atomic E-state index is 5.35. The molecule has 0 heterocycles. The Bertz CT molecular complexity index is 575. The number of ether oxygens (including phenoxy) is 1. The number of benzene rings is 2. The molecule has 0 saturated heterocycles. The second-order valence-electron chi connectivity index (χ2n) is 5.58. The molecule has 0 amide bonds. The minimum Gasteiger partial charge on any atom is -0.497 e. The first-order chi connectivity index (χ1) is 9.59. The molecule has 1 nitrogen and oxygen atoms in total. The molecule has 0 aliphatic carbocycles. The minimum atomic E-state index is -1.66. The summed E-state index contributed by atoms with van der Waals surface area (Å²) in [5, 5.41) is 1.45. The van der Waals surface area contributed by atoms with E-state index in [2.05, 4.69) is 74.3 Å². The third-order valence-electron chi connectivity index (χ3n) is 3.98. The van der Waals surface area contributed by atoms with Crippen molar-refractivity contribution < 1.29 is 4.74 Å². The van der Waals surface area contributed by atoms with Gasteiger partial charge in [-0.05, 0) is 17.7 Å². The molecule has 0 spiro atoms. The Morgan fingerprint density at radius 3 is 2.35 bits per heavy atom. The van der Waals surface area contributed by atoms with Crippen molar-refractivity contribution in [3.63, 3.8) is 0 Å². The van der Waals surface area contributed by atoms with E-state index in [0.29, 0.717) is 5.54 Å². The van der Waals surface area contributed by atoms with Crippen LogP contribution in [0.2, 0.25) is 13.1 Å². The van der Waals surface area contributed by atoms with Crippen molar-refractivity contribution in [3.05, 3.63) is 72.8 Å². The zero-order valence-corrected chi connectivity index (χ0v) is 13.5. The van der Waals surface area contributed by atoms with Crippen LogP contribution in [0.3, 0.4) is 0 Å². The molecule has 1 atom stereocenters. The van der Waals surface area contributed by atoms with Crippen LogP contribution in [0.1, 0.15) is 11.1 Å². The van der Waals surface area contributed by atoms with E-state index < -0.39 is 8.07 Å². The maximum Gasteiger partial charge on any atom is 0.119 e. The third-order valence-corrected chi connectivity index (χ3v) is 7.93. The summed E-state index contributed by atoms with van der Waals surface area (Å²) in [6.45, 7) is 8.87. The summed E-state index contributed by atoms with van der Waals surface area (Å²) in [5.74, 6) is 0.909. The Balaban J connectivity index is 2.43. The topological polar surface area (TPSA) is 9.23 Å². The monoisotopic (exact) mass is 282 g/mol. The van der Waals surface area contributed by atoms with Crippen LogP contribution in [0.5, 0.6) is 5.75 Å². The molecule has 0 aliphatic rings. The molecule has 0 bridgehead atoms.